The largest absolute Gasteiger partial charge is 0.396 e. The summed E-state index contributed by atoms with van der Waals surface area (Å²) < 4.78 is 0. The molecule has 0 atom stereocenters. The van der Waals surface area contributed by atoms with Crippen LogP contribution in [-0.4, -0.2) is 36.5 Å². The summed E-state index contributed by atoms with van der Waals surface area (Å²) in [6, 6.07) is 0. The van der Waals surface area contributed by atoms with Gasteiger partial charge in [-0.25, -0.2) is 0 Å². The first-order valence-corrected chi connectivity index (χ1v) is 10.3. The summed E-state index contributed by atoms with van der Waals surface area (Å²) in [5, 5.41) is 20.8. The SMILES string of the molecule is OCCCCCCCCCCCCCCCCNCCCCO. The van der Waals surface area contributed by atoms with Crippen LogP contribution in [-0.2, 0) is 0 Å². The van der Waals surface area contributed by atoms with Gasteiger partial charge < -0.3 is 15.5 Å². The predicted octanol–water partition coefficient (Wildman–Crippen LogP) is 4.80. The third-order valence-corrected chi connectivity index (χ3v) is 4.52. The minimum atomic E-state index is 0.326. The summed E-state index contributed by atoms with van der Waals surface area (Å²) in [5.74, 6) is 0. The van der Waals surface area contributed by atoms with E-state index in [1.807, 2.05) is 0 Å². The van der Waals surface area contributed by atoms with Crippen LogP contribution in [0, 0.1) is 0 Å². The highest BCUT2D eigenvalue weighted by Gasteiger charge is 1.94. The molecule has 140 valence electrons. The second-order valence-corrected chi connectivity index (χ2v) is 6.85. The summed E-state index contributed by atoms with van der Waals surface area (Å²) in [6.45, 7) is 2.89. The summed E-state index contributed by atoms with van der Waals surface area (Å²) >= 11 is 0. The topological polar surface area (TPSA) is 52.5 Å². The molecule has 0 rings (SSSR count). The third-order valence-electron chi connectivity index (χ3n) is 4.52. The molecule has 0 aromatic heterocycles. The zero-order valence-electron chi connectivity index (χ0n) is 15.5. The molecule has 0 radical (unpaired) electrons. The van der Waals surface area contributed by atoms with Crippen LogP contribution in [0.5, 0.6) is 0 Å². The lowest BCUT2D eigenvalue weighted by atomic mass is 10.0. The van der Waals surface area contributed by atoms with Crippen LogP contribution in [0.25, 0.3) is 0 Å². The standard InChI is InChI=1S/C20H43NO2/c22-19-15-12-10-8-6-4-2-1-3-5-7-9-11-13-17-21-18-14-16-20-23/h21-23H,1-20H2. The molecule has 0 aliphatic heterocycles. The summed E-state index contributed by atoms with van der Waals surface area (Å²) in [7, 11) is 0. The van der Waals surface area contributed by atoms with E-state index in [2.05, 4.69) is 5.32 Å². The molecule has 3 N–H and O–H groups in total. The Hall–Kier alpha value is -0.120. The Morgan fingerprint density at radius 2 is 0.609 bits per heavy atom. The minimum absolute atomic E-state index is 0.326. The molecule has 0 aromatic rings. The first-order chi connectivity index (χ1) is 11.4. The lowest BCUT2D eigenvalue weighted by molar-refractivity contribution is 0.282. The second kappa shape index (κ2) is 21.9. The van der Waals surface area contributed by atoms with Crippen molar-refractivity contribution in [1.82, 2.24) is 5.32 Å². The molecular weight excluding hydrogens is 286 g/mol. The molecular formula is C20H43NO2. The Balaban J connectivity index is 2.92. The van der Waals surface area contributed by atoms with E-state index in [0.29, 0.717) is 13.2 Å². The van der Waals surface area contributed by atoms with Crippen molar-refractivity contribution >= 4 is 0 Å². The molecule has 0 aromatic carbocycles. The van der Waals surface area contributed by atoms with Crippen LogP contribution >= 0.6 is 0 Å². The highest BCUT2D eigenvalue weighted by atomic mass is 16.3. The summed E-state index contributed by atoms with van der Waals surface area (Å²) in [5.41, 5.74) is 0. The quantitative estimate of drug-likeness (QED) is 0.281. The molecule has 0 fully saturated rings. The van der Waals surface area contributed by atoms with Gasteiger partial charge in [0.1, 0.15) is 0 Å². The lowest BCUT2D eigenvalue weighted by Gasteiger charge is -2.05. The Bertz CT molecular complexity index is 180. The van der Waals surface area contributed by atoms with E-state index in [9.17, 15) is 0 Å². The molecule has 3 heteroatoms. The predicted molar refractivity (Wildman–Crippen MR) is 101 cm³/mol. The van der Waals surface area contributed by atoms with Gasteiger partial charge in [0, 0.05) is 13.2 Å². The zero-order chi connectivity index (χ0) is 16.8. The average molecular weight is 330 g/mol. The van der Waals surface area contributed by atoms with Crippen molar-refractivity contribution in [1.29, 1.82) is 0 Å². The van der Waals surface area contributed by atoms with Gasteiger partial charge in [0.25, 0.3) is 0 Å². The molecule has 23 heavy (non-hydrogen) atoms. The maximum Gasteiger partial charge on any atom is 0.0431 e. The first-order valence-electron chi connectivity index (χ1n) is 10.3. The van der Waals surface area contributed by atoms with E-state index in [1.165, 1.54) is 83.5 Å². The van der Waals surface area contributed by atoms with Gasteiger partial charge >= 0.3 is 0 Å². The van der Waals surface area contributed by atoms with Gasteiger partial charge in [0.15, 0.2) is 0 Å². The Morgan fingerprint density at radius 1 is 0.348 bits per heavy atom. The van der Waals surface area contributed by atoms with E-state index in [0.717, 1.165) is 32.4 Å². The maximum absolute atomic E-state index is 8.70. The van der Waals surface area contributed by atoms with E-state index in [1.54, 1.807) is 0 Å². The van der Waals surface area contributed by atoms with Gasteiger partial charge in [-0.05, 0) is 38.8 Å². The molecule has 0 saturated carbocycles. The number of nitrogens with one attached hydrogen (secondary N) is 1. The monoisotopic (exact) mass is 329 g/mol. The van der Waals surface area contributed by atoms with Crippen LogP contribution in [0.3, 0.4) is 0 Å². The zero-order valence-corrected chi connectivity index (χ0v) is 15.5. The molecule has 0 amide bonds. The molecule has 0 aliphatic rings. The lowest BCUT2D eigenvalue weighted by Crippen LogP contribution is -2.16. The number of unbranched alkanes of at least 4 members (excludes halogenated alkanes) is 14. The highest BCUT2D eigenvalue weighted by Crippen LogP contribution is 2.12. The molecule has 0 spiro atoms. The fourth-order valence-corrected chi connectivity index (χ4v) is 2.97. The fourth-order valence-electron chi connectivity index (χ4n) is 2.97. The average Bonchev–Trinajstić information content (AvgIpc) is 2.57. The molecule has 0 saturated heterocycles. The van der Waals surface area contributed by atoms with Gasteiger partial charge in [-0.2, -0.15) is 0 Å². The van der Waals surface area contributed by atoms with E-state index in [-0.39, 0.29) is 0 Å². The Labute approximate surface area is 145 Å². The van der Waals surface area contributed by atoms with Crippen molar-refractivity contribution in [2.45, 2.75) is 103 Å². The van der Waals surface area contributed by atoms with E-state index < -0.39 is 0 Å². The number of aliphatic hydroxyl groups is 2. The summed E-state index contributed by atoms with van der Waals surface area (Å²) in [6.07, 6.45) is 20.8. The smallest absolute Gasteiger partial charge is 0.0431 e. The van der Waals surface area contributed by atoms with Crippen molar-refractivity contribution in [3.8, 4) is 0 Å². The maximum atomic E-state index is 8.70. The minimum Gasteiger partial charge on any atom is -0.396 e. The highest BCUT2D eigenvalue weighted by molar-refractivity contribution is 4.52. The van der Waals surface area contributed by atoms with Gasteiger partial charge in [-0.3, -0.25) is 0 Å². The molecule has 0 heterocycles. The van der Waals surface area contributed by atoms with Crippen molar-refractivity contribution in [2.75, 3.05) is 26.3 Å². The number of aliphatic hydroxyl groups excluding tert-OH is 2. The summed E-state index contributed by atoms with van der Waals surface area (Å²) in [4.78, 5) is 0. The van der Waals surface area contributed by atoms with Gasteiger partial charge in [-0.1, -0.05) is 77.0 Å². The van der Waals surface area contributed by atoms with Crippen LogP contribution in [0.4, 0.5) is 0 Å². The normalized spacial score (nSPS) is 11.2. The number of hydrogen-bond acceptors (Lipinski definition) is 3. The van der Waals surface area contributed by atoms with Crippen LogP contribution < -0.4 is 5.32 Å². The van der Waals surface area contributed by atoms with E-state index >= 15 is 0 Å². The van der Waals surface area contributed by atoms with Crippen molar-refractivity contribution in [3.05, 3.63) is 0 Å². The van der Waals surface area contributed by atoms with Crippen molar-refractivity contribution < 1.29 is 10.2 Å². The van der Waals surface area contributed by atoms with Crippen LogP contribution in [0.15, 0.2) is 0 Å². The van der Waals surface area contributed by atoms with Crippen molar-refractivity contribution in [2.24, 2.45) is 0 Å². The molecule has 0 bridgehead atoms. The van der Waals surface area contributed by atoms with Crippen LogP contribution in [0.2, 0.25) is 0 Å². The Kier molecular flexibility index (Phi) is 21.8. The number of rotatable bonds is 20. The van der Waals surface area contributed by atoms with E-state index in [4.69, 9.17) is 10.2 Å². The van der Waals surface area contributed by atoms with Crippen LogP contribution in [0.1, 0.15) is 103 Å². The first kappa shape index (κ1) is 22.9. The van der Waals surface area contributed by atoms with Crippen molar-refractivity contribution in [3.63, 3.8) is 0 Å². The Morgan fingerprint density at radius 3 is 1.00 bits per heavy atom. The molecule has 3 nitrogen and oxygen atoms in total. The van der Waals surface area contributed by atoms with Gasteiger partial charge in [0.2, 0.25) is 0 Å². The number of hydrogen-bond donors (Lipinski definition) is 3. The van der Waals surface area contributed by atoms with Gasteiger partial charge in [-0.15, -0.1) is 0 Å². The second-order valence-electron chi connectivity index (χ2n) is 6.85. The molecule has 0 aliphatic carbocycles. The molecule has 0 unspecified atom stereocenters. The fraction of sp³-hybridized carbons (Fsp3) is 1.00. The third kappa shape index (κ3) is 21.9. The van der Waals surface area contributed by atoms with Gasteiger partial charge in [0.05, 0.1) is 0 Å².